The van der Waals surface area contributed by atoms with E-state index in [-0.39, 0.29) is 29.6 Å². The van der Waals surface area contributed by atoms with E-state index >= 15 is 0 Å². The molecule has 0 atom stereocenters. The smallest absolute Gasteiger partial charge is 0.335 e. The summed E-state index contributed by atoms with van der Waals surface area (Å²) in [5.41, 5.74) is 0. The predicted molar refractivity (Wildman–Crippen MR) is 25.1 cm³/mol. The van der Waals surface area contributed by atoms with Crippen LogP contribution in [0, 0.1) is 0 Å². The van der Waals surface area contributed by atoms with Crippen molar-refractivity contribution in [3.63, 3.8) is 0 Å². The average molecular weight is 132 g/mol. The average Bonchev–Trinajstić information content (AvgIpc) is 2.49. The van der Waals surface area contributed by atoms with Crippen molar-refractivity contribution in [3.8, 4) is 0 Å². The minimum atomic E-state index is 0. The fourth-order valence-electron chi connectivity index (χ4n) is 0.656. The Morgan fingerprint density at radius 1 is 1.44 bits per heavy atom. The summed E-state index contributed by atoms with van der Waals surface area (Å²) < 4.78 is 0. The van der Waals surface area contributed by atoms with Crippen molar-refractivity contribution in [1.82, 2.24) is 20.6 Å². The third-order valence-corrected chi connectivity index (χ3v) is 1.28. The Morgan fingerprint density at radius 2 is 2.22 bits per heavy atom. The van der Waals surface area contributed by atoms with Crippen LogP contribution < -0.4 is 34.8 Å². The third kappa shape index (κ3) is 1.50. The topological polar surface area (TPSA) is 52.8 Å². The molecule has 0 bridgehead atoms. The van der Waals surface area contributed by atoms with Crippen molar-refractivity contribution in [2.75, 3.05) is 0 Å². The van der Waals surface area contributed by atoms with Gasteiger partial charge in [0.2, 0.25) is 0 Å². The summed E-state index contributed by atoms with van der Waals surface area (Å²) in [5.74, 6) is 1.41. The first kappa shape index (κ1) is 7.18. The number of nitrogens with zero attached hydrogens (tertiary/aromatic N) is 4. The van der Waals surface area contributed by atoms with Gasteiger partial charge in [0, 0.05) is 5.82 Å². The normalized spacial score (nSPS) is 16.9. The second-order valence-corrected chi connectivity index (χ2v) is 2.01. The molecule has 0 unspecified atom stereocenters. The van der Waals surface area contributed by atoms with Crippen molar-refractivity contribution in [2.45, 2.75) is 18.8 Å². The van der Waals surface area contributed by atoms with Gasteiger partial charge < -0.3 is 5.10 Å². The third-order valence-electron chi connectivity index (χ3n) is 1.28. The number of tetrazole rings is 1. The maximum Gasteiger partial charge on any atom is 1.00 e. The second kappa shape index (κ2) is 2.77. The van der Waals surface area contributed by atoms with Crippen LogP contribution in [0.1, 0.15) is 24.6 Å². The number of aromatic nitrogens is 4. The van der Waals surface area contributed by atoms with Crippen molar-refractivity contribution in [3.05, 3.63) is 5.82 Å². The van der Waals surface area contributed by atoms with Crippen molar-refractivity contribution >= 4 is 0 Å². The summed E-state index contributed by atoms with van der Waals surface area (Å²) in [6.07, 6.45) is 2.43. The summed E-state index contributed by atoms with van der Waals surface area (Å²) in [4.78, 5) is 0. The molecule has 0 N–H and O–H groups in total. The molecule has 1 aliphatic rings. The zero-order valence-electron chi connectivity index (χ0n) is 5.28. The van der Waals surface area contributed by atoms with Crippen LogP contribution in [0.3, 0.4) is 0 Å². The van der Waals surface area contributed by atoms with Gasteiger partial charge in [0.1, 0.15) is 0 Å². The number of hydrogen-bond acceptors (Lipinski definition) is 3. The van der Waals surface area contributed by atoms with Gasteiger partial charge in [-0.05, 0) is 18.8 Å². The maximum atomic E-state index is 3.71. The van der Waals surface area contributed by atoms with E-state index < -0.39 is 0 Å². The molecular weight excluding hydrogens is 127 g/mol. The molecule has 2 rings (SSSR count). The quantitative estimate of drug-likeness (QED) is 0.376. The fourth-order valence-corrected chi connectivity index (χ4v) is 0.656. The molecule has 0 aromatic carbocycles. The molecule has 0 radical (unpaired) electrons. The van der Waals surface area contributed by atoms with Crippen LogP contribution in [0.2, 0.25) is 0 Å². The molecule has 42 valence electrons. The Morgan fingerprint density at radius 3 is 2.67 bits per heavy atom. The van der Waals surface area contributed by atoms with Gasteiger partial charge in [-0.3, -0.25) is 15.5 Å². The standard InChI is InChI=1S/C4H5N4.Na/c1-2-3(1)4-5-7-8-6-4;/h3H,1-2H2;/q-1;+1. The van der Waals surface area contributed by atoms with Gasteiger partial charge in [0.05, 0.1) is 0 Å². The van der Waals surface area contributed by atoms with Gasteiger partial charge in [-0.1, -0.05) is 0 Å². The Hall–Kier alpha value is 0.0700. The van der Waals surface area contributed by atoms with Crippen LogP contribution in [-0.4, -0.2) is 15.4 Å². The van der Waals surface area contributed by atoms with Crippen LogP contribution in [0.15, 0.2) is 0 Å². The van der Waals surface area contributed by atoms with E-state index in [1.165, 1.54) is 12.8 Å². The van der Waals surface area contributed by atoms with Gasteiger partial charge in [0.15, 0.2) is 0 Å². The summed E-state index contributed by atoms with van der Waals surface area (Å²) >= 11 is 0. The Bertz CT molecular complexity index is 169. The first-order valence-electron chi connectivity index (χ1n) is 2.65. The van der Waals surface area contributed by atoms with E-state index in [0.717, 1.165) is 5.82 Å². The molecule has 1 aromatic heterocycles. The molecule has 1 fully saturated rings. The van der Waals surface area contributed by atoms with Crippen molar-refractivity contribution in [2.24, 2.45) is 0 Å². The van der Waals surface area contributed by atoms with Gasteiger partial charge in [-0.15, -0.1) is 0 Å². The molecule has 1 aliphatic carbocycles. The largest absolute Gasteiger partial charge is 1.00 e. The zero-order chi connectivity index (χ0) is 5.40. The monoisotopic (exact) mass is 132 g/mol. The first-order valence-corrected chi connectivity index (χ1v) is 2.65. The van der Waals surface area contributed by atoms with Crippen LogP contribution in [-0.2, 0) is 0 Å². The summed E-state index contributed by atoms with van der Waals surface area (Å²) in [7, 11) is 0. The van der Waals surface area contributed by atoms with Crippen LogP contribution in [0.4, 0.5) is 0 Å². The number of hydrogen-bond donors (Lipinski definition) is 0. The summed E-state index contributed by atoms with van der Waals surface area (Å²) in [5, 5.41) is 14.2. The van der Waals surface area contributed by atoms with Crippen LogP contribution in [0.5, 0.6) is 0 Å². The van der Waals surface area contributed by atoms with E-state index in [1.54, 1.807) is 0 Å². The molecule has 1 aromatic rings. The minimum Gasteiger partial charge on any atom is -0.335 e. The Balaban J connectivity index is 0.000000405. The van der Waals surface area contributed by atoms with E-state index in [1.807, 2.05) is 0 Å². The van der Waals surface area contributed by atoms with Crippen molar-refractivity contribution < 1.29 is 29.6 Å². The summed E-state index contributed by atoms with van der Waals surface area (Å²) in [6.45, 7) is 0. The minimum absolute atomic E-state index is 0. The maximum absolute atomic E-state index is 3.71. The van der Waals surface area contributed by atoms with Crippen LogP contribution >= 0.6 is 0 Å². The van der Waals surface area contributed by atoms with E-state index in [2.05, 4.69) is 20.6 Å². The molecular formula is C4H5N4Na. The van der Waals surface area contributed by atoms with Gasteiger partial charge >= 0.3 is 29.6 Å². The van der Waals surface area contributed by atoms with E-state index in [9.17, 15) is 0 Å². The molecule has 0 spiro atoms. The molecule has 1 saturated carbocycles. The van der Waals surface area contributed by atoms with E-state index in [4.69, 9.17) is 0 Å². The Kier molecular flexibility index (Phi) is 2.21. The number of rotatable bonds is 1. The molecule has 1 heterocycles. The molecule has 0 amide bonds. The molecule has 4 nitrogen and oxygen atoms in total. The second-order valence-electron chi connectivity index (χ2n) is 2.01. The Labute approximate surface area is 74.7 Å². The predicted octanol–water partition coefficient (Wildman–Crippen LogP) is -3.29. The van der Waals surface area contributed by atoms with Crippen molar-refractivity contribution in [1.29, 1.82) is 0 Å². The van der Waals surface area contributed by atoms with Gasteiger partial charge in [-0.2, -0.15) is 0 Å². The van der Waals surface area contributed by atoms with Gasteiger partial charge in [-0.25, -0.2) is 0 Å². The van der Waals surface area contributed by atoms with E-state index in [0.29, 0.717) is 5.92 Å². The molecule has 9 heavy (non-hydrogen) atoms. The SMILES string of the molecule is C1CC1c1nn[n-]n1.[Na+]. The molecule has 0 saturated heterocycles. The molecule has 5 heteroatoms. The molecule has 0 aliphatic heterocycles. The fraction of sp³-hybridized carbons (Fsp3) is 0.750. The first-order chi connectivity index (χ1) is 3.97. The summed E-state index contributed by atoms with van der Waals surface area (Å²) in [6, 6.07) is 0. The van der Waals surface area contributed by atoms with Gasteiger partial charge in [0.25, 0.3) is 0 Å². The van der Waals surface area contributed by atoms with Crippen LogP contribution in [0.25, 0.3) is 0 Å². The zero-order valence-corrected chi connectivity index (χ0v) is 7.28.